The Balaban J connectivity index is 1.39. The zero-order valence-corrected chi connectivity index (χ0v) is 19.0. The van der Waals surface area contributed by atoms with E-state index in [1.165, 1.54) is 5.56 Å². The number of rotatable bonds is 7. The predicted molar refractivity (Wildman–Crippen MR) is 120 cm³/mol. The van der Waals surface area contributed by atoms with Gasteiger partial charge in [-0.2, -0.15) is 0 Å². The van der Waals surface area contributed by atoms with Crippen LogP contribution in [0.5, 0.6) is 5.75 Å². The van der Waals surface area contributed by atoms with Crippen LogP contribution in [0.1, 0.15) is 70.3 Å². The minimum atomic E-state index is -0.157. The van der Waals surface area contributed by atoms with Gasteiger partial charge in [0.05, 0.1) is 12.4 Å². The van der Waals surface area contributed by atoms with Crippen LogP contribution in [0.3, 0.4) is 0 Å². The van der Waals surface area contributed by atoms with Crippen LogP contribution in [0.2, 0.25) is 0 Å². The number of carbonyl (C=O) groups excluding carboxylic acids is 1. The van der Waals surface area contributed by atoms with Gasteiger partial charge in [-0.15, -0.1) is 0 Å². The van der Waals surface area contributed by atoms with Crippen LogP contribution in [0.4, 0.5) is 4.39 Å². The summed E-state index contributed by atoms with van der Waals surface area (Å²) < 4.78 is 24.0. The van der Waals surface area contributed by atoms with Gasteiger partial charge in [-0.05, 0) is 86.5 Å². The summed E-state index contributed by atoms with van der Waals surface area (Å²) in [4.78, 5) is 15.6. The number of fused-ring (bicyclic) bond motifs is 3. The second-order valence-corrected chi connectivity index (χ2v) is 9.75. The van der Waals surface area contributed by atoms with Gasteiger partial charge in [-0.3, -0.25) is 4.79 Å². The first-order valence-electron chi connectivity index (χ1n) is 11.9. The molecule has 0 spiro atoms. The summed E-state index contributed by atoms with van der Waals surface area (Å²) in [6.45, 7) is 3.85. The van der Waals surface area contributed by atoms with E-state index in [4.69, 9.17) is 9.47 Å². The lowest BCUT2D eigenvalue weighted by atomic mass is 9.51. The summed E-state index contributed by atoms with van der Waals surface area (Å²) in [5.74, 6) is 1.15. The van der Waals surface area contributed by atoms with Gasteiger partial charge >= 0.3 is 0 Å². The number of ether oxygens (including phenoxy) is 2. The molecule has 1 heterocycles. The topological polar surface area (TPSA) is 38.8 Å². The van der Waals surface area contributed by atoms with E-state index in [9.17, 15) is 9.18 Å². The average molecular weight is 430 g/mol. The molecule has 4 aliphatic rings. The van der Waals surface area contributed by atoms with Crippen molar-refractivity contribution < 1.29 is 18.7 Å². The lowest BCUT2D eigenvalue weighted by Crippen LogP contribution is -2.55. The SMILES string of the molecule is CC/C(=C\F)COc1ccc(C23CCC(C(=O)N4CCC[C@@H](OC)C4)(CC2)CC3)cc1. The summed E-state index contributed by atoms with van der Waals surface area (Å²) in [6.07, 6.45) is 9.76. The first-order valence-corrected chi connectivity index (χ1v) is 11.9. The van der Waals surface area contributed by atoms with Crippen molar-refractivity contribution >= 4 is 5.91 Å². The molecule has 1 saturated heterocycles. The number of halogens is 1. The maximum absolute atomic E-state index is 13.5. The van der Waals surface area contributed by atoms with E-state index in [0.29, 0.717) is 30.8 Å². The van der Waals surface area contributed by atoms with Crippen LogP contribution < -0.4 is 4.74 Å². The van der Waals surface area contributed by atoms with Gasteiger partial charge in [0.2, 0.25) is 5.91 Å². The van der Waals surface area contributed by atoms with Crippen molar-refractivity contribution in [2.75, 3.05) is 26.8 Å². The molecule has 3 saturated carbocycles. The molecule has 31 heavy (non-hydrogen) atoms. The van der Waals surface area contributed by atoms with E-state index >= 15 is 0 Å². The predicted octanol–water partition coefficient (Wildman–Crippen LogP) is 5.56. The number of amides is 1. The molecule has 5 heteroatoms. The second-order valence-electron chi connectivity index (χ2n) is 9.75. The Morgan fingerprint density at radius 3 is 2.42 bits per heavy atom. The van der Waals surface area contributed by atoms with Crippen molar-refractivity contribution in [2.24, 2.45) is 5.41 Å². The molecular weight excluding hydrogens is 393 g/mol. The van der Waals surface area contributed by atoms with Crippen LogP contribution in [-0.4, -0.2) is 43.7 Å². The Bertz CT molecular complexity index is 779. The fourth-order valence-corrected chi connectivity index (χ4v) is 5.88. The maximum Gasteiger partial charge on any atom is 0.228 e. The van der Waals surface area contributed by atoms with Gasteiger partial charge in [-0.25, -0.2) is 4.39 Å². The highest BCUT2D eigenvalue weighted by molar-refractivity contribution is 5.83. The number of carbonyl (C=O) groups is 1. The van der Waals surface area contributed by atoms with Gasteiger partial charge < -0.3 is 14.4 Å². The van der Waals surface area contributed by atoms with Crippen molar-refractivity contribution in [2.45, 2.75) is 76.2 Å². The first kappa shape index (κ1) is 22.3. The van der Waals surface area contributed by atoms with Crippen molar-refractivity contribution in [3.63, 3.8) is 0 Å². The molecule has 1 atom stereocenters. The van der Waals surface area contributed by atoms with Gasteiger partial charge in [0.1, 0.15) is 12.4 Å². The molecule has 4 fully saturated rings. The molecule has 0 aromatic heterocycles. The van der Waals surface area contributed by atoms with E-state index < -0.39 is 0 Å². The van der Waals surface area contributed by atoms with Gasteiger partial charge in [0.15, 0.2) is 0 Å². The van der Waals surface area contributed by atoms with Crippen LogP contribution in [-0.2, 0) is 14.9 Å². The number of likely N-dealkylation sites (tertiary alicyclic amines) is 1. The van der Waals surface area contributed by atoms with Crippen LogP contribution in [0.25, 0.3) is 0 Å². The largest absolute Gasteiger partial charge is 0.489 e. The highest BCUT2D eigenvalue weighted by Gasteiger charge is 2.54. The summed E-state index contributed by atoms with van der Waals surface area (Å²) in [5, 5.41) is 0. The second kappa shape index (κ2) is 9.32. The Labute approximate surface area is 185 Å². The quantitative estimate of drug-likeness (QED) is 0.570. The van der Waals surface area contributed by atoms with E-state index in [0.717, 1.165) is 70.2 Å². The standard InChI is InChI=1S/C26H36FNO3/c1-3-20(17-27)19-31-22-8-6-21(7-9-22)25-10-13-26(14-11-25,15-12-25)24(29)28-16-4-5-23(18-28)30-2/h6-9,17,23H,3-5,10-16,18-19H2,1-2H3/b20-17+/t23-,25?,26?/m1/s1. The number of nitrogens with zero attached hydrogens (tertiary/aromatic N) is 1. The molecule has 1 amide bonds. The number of benzene rings is 1. The molecule has 0 radical (unpaired) electrons. The Kier molecular flexibility index (Phi) is 6.71. The van der Waals surface area contributed by atoms with E-state index in [1.54, 1.807) is 7.11 Å². The Morgan fingerprint density at radius 1 is 1.16 bits per heavy atom. The van der Waals surface area contributed by atoms with Gasteiger partial charge in [-0.1, -0.05) is 19.1 Å². The minimum absolute atomic E-state index is 0.157. The molecule has 1 aliphatic heterocycles. The third-order valence-electron chi connectivity index (χ3n) is 8.20. The lowest BCUT2D eigenvalue weighted by molar-refractivity contribution is -0.153. The summed E-state index contributed by atoms with van der Waals surface area (Å²) in [6, 6.07) is 8.37. The summed E-state index contributed by atoms with van der Waals surface area (Å²) in [7, 11) is 1.75. The molecule has 1 aromatic rings. The number of hydrogen-bond donors (Lipinski definition) is 0. The average Bonchev–Trinajstić information content (AvgIpc) is 2.85. The number of piperidine rings is 1. The molecule has 1 aromatic carbocycles. The Hall–Kier alpha value is -1.88. The highest BCUT2D eigenvalue weighted by Crippen LogP contribution is 2.58. The monoisotopic (exact) mass is 429 g/mol. The summed E-state index contributed by atoms with van der Waals surface area (Å²) >= 11 is 0. The van der Waals surface area contributed by atoms with Crippen molar-refractivity contribution in [1.82, 2.24) is 4.90 Å². The fourth-order valence-electron chi connectivity index (χ4n) is 5.88. The molecular formula is C26H36FNO3. The highest BCUT2D eigenvalue weighted by atomic mass is 19.1. The first-order chi connectivity index (χ1) is 15.0. The normalized spacial score (nSPS) is 31.0. The van der Waals surface area contributed by atoms with Crippen LogP contribution in [0.15, 0.2) is 36.2 Å². The molecule has 5 rings (SSSR count). The molecule has 3 aliphatic carbocycles. The number of methoxy groups -OCH3 is 1. The molecule has 4 nitrogen and oxygen atoms in total. The van der Waals surface area contributed by atoms with Crippen molar-refractivity contribution in [1.29, 1.82) is 0 Å². The maximum atomic E-state index is 13.5. The smallest absolute Gasteiger partial charge is 0.228 e. The third kappa shape index (κ3) is 4.39. The zero-order chi connectivity index (χ0) is 21.9. The molecule has 170 valence electrons. The zero-order valence-electron chi connectivity index (χ0n) is 19.0. The Morgan fingerprint density at radius 2 is 1.84 bits per heavy atom. The van der Waals surface area contributed by atoms with E-state index in [2.05, 4.69) is 17.0 Å². The third-order valence-corrected chi connectivity index (χ3v) is 8.20. The minimum Gasteiger partial charge on any atom is -0.489 e. The lowest BCUT2D eigenvalue weighted by Gasteiger charge is -2.54. The van der Waals surface area contributed by atoms with Crippen molar-refractivity contribution in [3.05, 3.63) is 41.7 Å². The van der Waals surface area contributed by atoms with Crippen LogP contribution in [0, 0.1) is 5.41 Å². The number of hydrogen-bond acceptors (Lipinski definition) is 3. The van der Waals surface area contributed by atoms with E-state index in [-0.39, 0.29) is 16.9 Å². The van der Waals surface area contributed by atoms with Crippen LogP contribution >= 0.6 is 0 Å². The van der Waals surface area contributed by atoms with E-state index in [1.807, 2.05) is 19.1 Å². The van der Waals surface area contributed by atoms with Crippen molar-refractivity contribution in [3.8, 4) is 5.75 Å². The molecule has 0 N–H and O–H groups in total. The molecule has 0 unspecified atom stereocenters. The summed E-state index contributed by atoms with van der Waals surface area (Å²) in [5.41, 5.74) is 2.05. The molecule has 2 bridgehead atoms. The van der Waals surface area contributed by atoms with Gasteiger partial charge in [0.25, 0.3) is 0 Å². The van der Waals surface area contributed by atoms with Gasteiger partial charge in [0, 0.05) is 25.6 Å². The fraction of sp³-hybridized carbons (Fsp3) is 0.654.